The van der Waals surface area contributed by atoms with Gasteiger partial charge in [-0.2, -0.15) is 0 Å². The minimum Gasteiger partial charge on any atom is -0.322 e. The molecule has 5 aromatic rings. The topological polar surface area (TPSA) is 66.9 Å². The van der Waals surface area contributed by atoms with Crippen molar-refractivity contribution in [3.8, 4) is 11.3 Å². The Kier molecular flexibility index (Phi) is 6.01. The van der Waals surface area contributed by atoms with E-state index in [1.165, 1.54) is 11.3 Å². The van der Waals surface area contributed by atoms with Crippen molar-refractivity contribution in [2.75, 3.05) is 10.6 Å². The maximum absolute atomic E-state index is 12.9. The highest BCUT2D eigenvalue weighted by Crippen LogP contribution is 2.35. The zero-order chi connectivity index (χ0) is 23.7. The summed E-state index contributed by atoms with van der Waals surface area (Å²) in [6.45, 7) is 3.94. The van der Waals surface area contributed by atoms with Crippen LogP contribution in [0.4, 0.5) is 17.3 Å². The summed E-state index contributed by atoms with van der Waals surface area (Å²) in [5, 5.41) is 7.18. The van der Waals surface area contributed by atoms with Crippen LogP contribution >= 0.6 is 22.9 Å². The fourth-order valence-electron chi connectivity index (χ4n) is 3.82. The number of para-hydroxylation sites is 2. The molecule has 5 nitrogen and oxygen atoms in total. The number of carbonyl (C=O) groups excluding carboxylic acids is 1. The summed E-state index contributed by atoms with van der Waals surface area (Å²) in [5.41, 5.74) is 6.06. The van der Waals surface area contributed by atoms with Gasteiger partial charge in [0.05, 0.1) is 21.8 Å². The average molecular weight is 485 g/mol. The van der Waals surface area contributed by atoms with Crippen molar-refractivity contribution < 1.29 is 4.79 Å². The lowest BCUT2D eigenvalue weighted by atomic mass is 10.1. The number of aromatic nitrogens is 2. The lowest BCUT2D eigenvalue weighted by molar-refractivity contribution is 0.103. The summed E-state index contributed by atoms with van der Waals surface area (Å²) in [7, 11) is 0. The summed E-state index contributed by atoms with van der Waals surface area (Å²) in [6.07, 6.45) is 0. The van der Waals surface area contributed by atoms with E-state index in [1.807, 2.05) is 86.6 Å². The zero-order valence-electron chi connectivity index (χ0n) is 18.6. The summed E-state index contributed by atoms with van der Waals surface area (Å²) in [4.78, 5) is 22.9. The Labute approximate surface area is 206 Å². The SMILES string of the molecule is Cc1cccc(C)c1NC(=O)c1cc(Nc2nc(-c3ccccc3)c3ccccc3n2)c(Cl)s1. The lowest BCUT2D eigenvalue weighted by Crippen LogP contribution is -2.12. The van der Waals surface area contributed by atoms with Gasteiger partial charge in [0.2, 0.25) is 5.95 Å². The van der Waals surface area contributed by atoms with Crippen molar-refractivity contribution in [1.29, 1.82) is 0 Å². The number of nitrogens with one attached hydrogen (secondary N) is 2. The first-order valence-corrected chi connectivity index (χ1v) is 11.9. The third-order valence-corrected chi connectivity index (χ3v) is 6.88. The summed E-state index contributed by atoms with van der Waals surface area (Å²) in [5.74, 6) is 0.209. The van der Waals surface area contributed by atoms with Crippen LogP contribution in [0.15, 0.2) is 78.9 Å². The molecular weight excluding hydrogens is 464 g/mol. The van der Waals surface area contributed by atoms with Crippen molar-refractivity contribution >= 4 is 57.1 Å². The van der Waals surface area contributed by atoms with E-state index in [9.17, 15) is 4.79 Å². The van der Waals surface area contributed by atoms with Gasteiger partial charge in [-0.25, -0.2) is 9.97 Å². The predicted octanol–water partition coefficient (Wildman–Crippen LogP) is 7.62. The maximum Gasteiger partial charge on any atom is 0.265 e. The smallest absolute Gasteiger partial charge is 0.265 e. The fraction of sp³-hybridized carbons (Fsp3) is 0.0741. The first kappa shape index (κ1) is 22.1. The molecular formula is C27H21ClN4OS. The zero-order valence-corrected chi connectivity index (χ0v) is 20.2. The summed E-state index contributed by atoms with van der Waals surface area (Å²) >= 11 is 7.71. The number of benzene rings is 3. The highest BCUT2D eigenvalue weighted by Gasteiger charge is 2.17. The van der Waals surface area contributed by atoms with Crippen LogP contribution in [0.3, 0.4) is 0 Å². The quantitative estimate of drug-likeness (QED) is 0.269. The Morgan fingerprint density at radius 2 is 1.59 bits per heavy atom. The Bertz CT molecular complexity index is 1490. The standard InChI is InChI=1S/C27H21ClN4OS/c1-16-9-8-10-17(2)23(16)31-26(33)22-15-21(25(28)34-22)30-27-29-20-14-7-6-13-19(20)24(32-27)18-11-4-3-5-12-18/h3-15H,1-2H3,(H,31,33)(H,29,30,32). The number of fused-ring (bicyclic) bond motifs is 1. The number of rotatable bonds is 5. The molecule has 0 unspecified atom stereocenters. The number of hydrogen-bond acceptors (Lipinski definition) is 5. The number of nitrogens with zero attached hydrogens (tertiary/aromatic N) is 2. The molecule has 3 aromatic carbocycles. The molecule has 0 saturated heterocycles. The van der Waals surface area contributed by atoms with Crippen LogP contribution < -0.4 is 10.6 Å². The van der Waals surface area contributed by atoms with Gasteiger partial charge in [-0.1, -0.05) is 78.3 Å². The molecule has 0 bridgehead atoms. The molecule has 1 amide bonds. The molecule has 2 N–H and O–H groups in total. The number of aryl methyl sites for hydroxylation is 2. The van der Waals surface area contributed by atoms with Crippen LogP contribution in [-0.2, 0) is 0 Å². The van der Waals surface area contributed by atoms with Crippen LogP contribution in [0.1, 0.15) is 20.8 Å². The van der Waals surface area contributed by atoms with Gasteiger partial charge in [0.1, 0.15) is 4.34 Å². The largest absolute Gasteiger partial charge is 0.322 e. The van der Waals surface area contributed by atoms with Gasteiger partial charge in [-0.05, 0) is 37.1 Å². The third kappa shape index (κ3) is 4.38. The van der Waals surface area contributed by atoms with Crippen molar-refractivity contribution in [3.05, 3.63) is 99.2 Å². The molecule has 0 aliphatic carbocycles. The van der Waals surface area contributed by atoms with E-state index >= 15 is 0 Å². The van der Waals surface area contributed by atoms with Crippen molar-refractivity contribution in [1.82, 2.24) is 9.97 Å². The van der Waals surface area contributed by atoms with Crippen LogP contribution in [0.25, 0.3) is 22.2 Å². The number of amides is 1. The Hall–Kier alpha value is -3.74. The Morgan fingerprint density at radius 3 is 2.35 bits per heavy atom. The van der Waals surface area contributed by atoms with Gasteiger partial charge in [0.25, 0.3) is 5.91 Å². The second-order valence-corrected chi connectivity index (χ2v) is 9.58. The van der Waals surface area contributed by atoms with E-state index in [-0.39, 0.29) is 5.91 Å². The molecule has 0 aliphatic rings. The molecule has 0 spiro atoms. The Morgan fingerprint density at radius 1 is 0.882 bits per heavy atom. The first-order chi connectivity index (χ1) is 16.5. The Balaban J connectivity index is 1.46. The highest BCUT2D eigenvalue weighted by molar-refractivity contribution is 7.18. The van der Waals surface area contributed by atoms with Gasteiger partial charge < -0.3 is 10.6 Å². The number of carbonyl (C=O) groups is 1. The molecule has 0 saturated carbocycles. The lowest BCUT2D eigenvalue weighted by Gasteiger charge is -2.10. The summed E-state index contributed by atoms with van der Waals surface area (Å²) < 4.78 is 0.463. The van der Waals surface area contributed by atoms with E-state index in [2.05, 4.69) is 15.6 Å². The van der Waals surface area contributed by atoms with E-state index in [4.69, 9.17) is 16.6 Å². The molecule has 34 heavy (non-hydrogen) atoms. The van der Waals surface area contributed by atoms with Crippen molar-refractivity contribution in [2.45, 2.75) is 13.8 Å². The first-order valence-electron chi connectivity index (χ1n) is 10.8. The number of halogens is 1. The number of anilines is 3. The van der Waals surface area contributed by atoms with Gasteiger partial charge in [-0.15, -0.1) is 11.3 Å². The fourth-order valence-corrected chi connectivity index (χ4v) is 4.91. The van der Waals surface area contributed by atoms with Crippen molar-refractivity contribution in [2.24, 2.45) is 0 Å². The molecule has 2 heterocycles. The van der Waals surface area contributed by atoms with Gasteiger partial charge in [0.15, 0.2) is 0 Å². The predicted molar refractivity (Wildman–Crippen MR) is 141 cm³/mol. The van der Waals surface area contributed by atoms with Gasteiger partial charge in [-0.3, -0.25) is 4.79 Å². The number of hydrogen-bond donors (Lipinski definition) is 2. The van der Waals surface area contributed by atoms with Crippen LogP contribution in [-0.4, -0.2) is 15.9 Å². The molecule has 168 valence electrons. The van der Waals surface area contributed by atoms with Crippen LogP contribution in [0, 0.1) is 13.8 Å². The van der Waals surface area contributed by atoms with E-state index in [0.717, 1.165) is 39.0 Å². The normalized spacial score (nSPS) is 10.9. The monoisotopic (exact) mass is 484 g/mol. The van der Waals surface area contributed by atoms with Crippen molar-refractivity contribution in [3.63, 3.8) is 0 Å². The molecule has 0 aliphatic heterocycles. The molecule has 0 atom stereocenters. The minimum atomic E-state index is -0.207. The second kappa shape index (κ2) is 9.25. The second-order valence-electron chi connectivity index (χ2n) is 7.92. The van der Waals surface area contributed by atoms with E-state index < -0.39 is 0 Å². The highest BCUT2D eigenvalue weighted by atomic mass is 35.5. The molecule has 5 rings (SSSR count). The molecule has 7 heteroatoms. The molecule has 2 aromatic heterocycles. The van der Waals surface area contributed by atoms with Crippen LogP contribution in [0.2, 0.25) is 4.34 Å². The maximum atomic E-state index is 12.9. The summed E-state index contributed by atoms with van der Waals surface area (Å²) in [6, 6.07) is 25.5. The molecule has 0 radical (unpaired) electrons. The third-order valence-electron chi connectivity index (χ3n) is 5.53. The van der Waals surface area contributed by atoms with Crippen LogP contribution in [0.5, 0.6) is 0 Å². The molecule has 0 fully saturated rings. The van der Waals surface area contributed by atoms with Gasteiger partial charge >= 0.3 is 0 Å². The van der Waals surface area contributed by atoms with E-state index in [0.29, 0.717) is 20.8 Å². The number of thiophene rings is 1. The van der Waals surface area contributed by atoms with E-state index in [1.54, 1.807) is 6.07 Å². The van der Waals surface area contributed by atoms with Gasteiger partial charge in [0, 0.05) is 16.6 Å². The minimum absolute atomic E-state index is 0.207. The average Bonchev–Trinajstić information content (AvgIpc) is 3.21.